The Kier molecular flexibility index (Phi) is 4.00. The lowest BCUT2D eigenvalue weighted by atomic mass is 10.1. The molecule has 21 heavy (non-hydrogen) atoms. The molecule has 0 spiro atoms. The highest BCUT2D eigenvalue weighted by Crippen LogP contribution is 2.29. The second-order valence-electron chi connectivity index (χ2n) is 3.86. The molecule has 0 bridgehead atoms. The quantitative estimate of drug-likeness (QED) is 0.775. The van der Waals surface area contributed by atoms with Gasteiger partial charge in [0.2, 0.25) is 0 Å². The maximum absolute atomic E-state index is 13.6. The third kappa shape index (κ3) is 3.83. The minimum Gasteiger partial charge on any atom is -0.403 e. The Hall–Kier alpha value is -2.33. The molecular weight excluding hydrogens is 312 g/mol. The Balaban J connectivity index is 2.41. The maximum Gasteiger partial charge on any atom is 0.573 e. The van der Waals surface area contributed by atoms with Crippen LogP contribution < -0.4 is 4.74 Å². The van der Waals surface area contributed by atoms with Crippen molar-refractivity contribution in [3.8, 4) is 23.1 Å². The highest BCUT2D eigenvalue weighted by molar-refractivity contribution is 6.30. The summed E-state index contributed by atoms with van der Waals surface area (Å²) in [5, 5.41) is 8.97. The van der Waals surface area contributed by atoms with Gasteiger partial charge in [-0.05, 0) is 30.3 Å². The average Bonchev–Trinajstić information content (AvgIpc) is 2.39. The molecule has 1 heterocycles. The van der Waals surface area contributed by atoms with Gasteiger partial charge in [0.1, 0.15) is 11.8 Å². The summed E-state index contributed by atoms with van der Waals surface area (Å²) in [6, 6.07) is 7.27. The van der Waals surface area contributed by atoms with Crippen molar-refractivity contribution >= 4 is 11.6 Å². The van der Waals surface area contributed by atoms with E-state index in [0.29, 0.717) is 0 Å². The molecular formula is C13H5ClF4N2O. The third-order valence-corrected chi connectivity index (χ3v) is 2.58. The summed E-state index contributed by atoms with van der Waals surface area (Å²) in [7, 11) is 0. The largest absolute Gasteiger partial charge is 0.573 e. The van der Waals surface area contributed by atoms with E-state index in [0.717, 1.165) is 12.1 Å². The lowest BCUT2D eigenvalue weighted by molar-refractivity contribution is -0.275. The number of ether oxygens (including phenoxy) is 1. The lowest BCUT2D eigenvalue weighted by Crippen LogP contribution is -2.17. The number of nitrogens with zero attached hydrogens (tertiary/aromatic N) is 2. The minimum absolute atomic E-state index is 0.00789. The lowest BCUT2D eigenvalue weighted by Gasteiger charge is -2.10. The predicted molar refractivity (Wildman–Crippen MR) is 66.0 cm³/mol. The number of rotatable bonds is 2. The average molecular weight is 317 g/mol. The molecule has 0 saturated carbocycles. The van der Waals surface area contributed by atoms with E-state index in [1.165, 1.54) is 18.2 Å². The zero-order valence-electron chi connectivity index (χ0n) is 10.1. The van der Waals surface area contributed by atoms with Crippen molar-refractivity contribution in [2.45, 2.75) is 6.36 Å². The topological polar surface area (TPSA) is 45.9 Å². The first-order valence-corrected chi connectivity index (χ1v) is 5.79. The normalized spacial score (nSPS) is 11.0. The van der Waals surface area contributed by atoms with Crippen molar-refractivity contribution in [1.29, 1.82) is 5.26 Å². The molecule has 2 aromatic rings. The van der Waals surface area contributed by atoms with E-state index in [1.54, 1.807) is 6.07 Å². The third-order valence-electron chi connectivity index (χ3n) is 2.36. The molecule has 0 aliphatic heterocycles. The number of hydrogen-bond donors (Lipinski definition) is 0. The Morgan fingerprint density at radius 1 is 1.19 bits per heavy atom. The molecule has 0 aliphatic rings. The smallest absolute Gasteiger partial charge is 0.403 e. The SMILES string of the molecule is N#Cc1cc(Cl)cc(-c2ccc(OC(F)(F)F)c(F)c2)n1. The highest BCUT2D eigenvalue weighted by atomic mass is 35.5. The number of aromatic nitrogens is 1. The molecule has 1 aromatic heterocycles. The van der Waals surface area contributed by atoms with Crippen LogP contribution in [-0.4, -0.2) is 11.3 Å². The van der Waals surface area contributed by atoms with Crippen LogP contribution in [0.15, 0.2) is 30.3 Å². The van der Waals surface area contributed by atoms with Crippen molar-refractivity contribution < 1.29 is 22.3 Å². The number of hydrogen-bond acceptors (Lipinski definition) is 3. The molecule has 108 valence electrons. The molecule has 0 fully saturated rings. The molecule has 0 N–H and O–H groups in total. The van der Waals surface area contributed by atoms with Gasteiger partial charge in [0.25, 0.3) is 0 Å². The Labute approximate surface area is 121 Å². The summed E-state index contributed by atoms with van der Waals surface area (Å²) in [6.45, 7) is 0. The van der Waals surface area contributed by atoms with Crippen molar-refractivity contribution in [2.24, 2.45) is 0 Å². The van der Waals surface area contributed by atoms with Crippen molar-refractivity contribution in [3.05, 3.63) is 46.9 Å². The predicted octanol–water partition coefficient (Wildman–Crippen LogP) is 4.31. The first-order chi connectivity index (χ1) is 9.78. The van der Waals surface area contributed by atoms with Gasteiger partial charge in [0.15, 0.2) is 11.6 Å². The van der Waals surface area contributed by atoms with Crippen molar-refractivity contribution in [3.63, 3.8) is 0 Å². The van der Waals surface area contributed by atoms with Gasteiger partial charge < -0.3 is 4.74 Å². The number of pyridine rings is 1. The minimum atomic E-state index is -4.98. The number of alkyl halides is 3. The van der Waals surface area contributed by atoms with Crippen LogP contribution in [0.4, 0.5) is 17.6 Å². The van der Waals surface area contributed by atoms with E-state index in [2.05, 4.69) is 9.72 Å². The van der Waals surface area contributed by atoms with Crippen LogP contribution in [0.1, 0.15) is 5.69 Å². The van der Waals surface area contributed by atoms with E-state index in [1.807, 2.05) is 0 Å². The van der Waals surface area contributed by atoms with Gasteiger partial charge >= 0.3 is 6.36 Å². The fourth-order valence-electron chi connectivity index (χ4n) is 1.57. The Morgan fingerprint density at radius 3 is 2.48 bits per heavy atom. The molecule has 8 heteroatoms. The van der Waals surface area contributed by atoms with E-state index in [-0.39, 0.29) is 22.0 Å². The summed E-state index contributed by atoms with van der Waals surface area (Å²) < 4.78 is 53.2. The molecule has 2 rings (SSSR count). The van der Waals surface area contributed by atoms with Crippen LogP contribution in [0.2, 0.25) is 5.02 Å². The van der Waals surface area contributed by atoms with Gasteiger partial charge in [-0.2, -0.15) is 5.26 Å². The van der Waals surface area contributed by atoms with Gasteiger partial charge in [-0.25, -0.2) is 9.37 Å². The van der Waals surface area contributed by atoms with Gasteiger partial charge in [-0.15, -0.1) is 13.2 Å². The zero-order valence-corrected chi connectivity index (χ0v) is 10.8. The molecule has 3 nitrogen and oxygen atoms in total. The van der Waals surface area contributed by atoms with Crippen molar-refractivity contribution in [2.75, 3.05) is 0 Å². The molecule has 1 aromatic carbocycles. The summed E-state index contributed by atoms with van der Waals surface area (Å²) in [4.78, 5) is 3.89. The Bertz CT molecular complexity index is 725. The van der Waals surface area contributed by atoms with E-state index in [9.17, 15) is 17.6 Å². The zero-order chi connectivity index (χ0) is 15.6. The van der Waals surface area contributed by atoms with Gasteiger partial charge in [0, 0.05) is 10.6 Å². The molecule has 0 aliphatic carbocycles. The van der Waals surface area contributed by atoms with E-state index < -0.39 is 17.9 Å². The van der Waals surface area contributed by atoms with E-state index in [4.69, 9.17) is 16.9 Å². The monoisotopic (exact) mass is 316 g/mol. The number of halogens is 5. The molecule has 0 radical (unpaired) electrons. The first-order valence-electron chi connectivity index (χ1n) is 5.42. The fraction of sp³-hybridized carbons (Fsp3) is 0.0769. The van der Waals surface area contributed by atoms with Crippen LogP contribution in [0.25, 0.3) is 11.3 Å². The number of benzene rings is 1. The summed E-state index contributed by atoms with van der Waals surface area (Å²) in [5.74, 6) is -2.15. The standard InChI is InChI=1S/C13H5ClF4N2O/c14-8-4-9(6-19)20-11(5-8)7-1-2-12(10(15)3-7)21-13(16,17)18/h1-5H. The van der Waals surface area contributed by atoms with Crippen molar-refractivity contribution in [1.82, 2.24) is 4.98 Å². The molecule has 0 unspecified atom stereocenters. The summed E-state index contributed by atoms with van der Waals surface area (Å²) >= 11 is 5.78. The van der Waals surface area contributed by atoms with Gasteiger partial charge in [-0.1, -0.05) is 11.6 Å². The van der Waals surface area contributed by atoms with Crippen LogP contribution >= 0.6 is 11.6 Å². The fourth-order valence-corrected chi connectivity index (χ4v) is 1.78. The van der Waals surface area contributed by atoms with E-state index >= 15 is 0 Å². The van der Waals surface area contributed by atoms with Crippen LogP contribution in [-0.2, 0) is 0 Å². The van der Waals surface area contributed by atoms with Gasteiger partial charge in [0.05, 0.1) is 5.69 Å². The van der Waals surface area contributed by atoms with Crippen LogP contribution in [0.3, 0.4) is 0 Å². The highest BCUT2D eigenvalue weighted by Gasteiger charge is 2.32. The second-order valence-corrected chi connectivity index (χ2v) is 4.30. The number of nitriles is 1. The van der Waals surface area contributed by atoms with Gasteiger partial charge in [-0.3, -0.25) is 0 Å². The summed E-state index contributed by atoms with van der Waals surface area (Å²) in [5.41, 5.74) is 0.339. The van der Waals surface area contributed by atoms with Crippen LogP contribution in [0.5, 0.6) is 5.75 Å². The molecule has 0 atom stereocenters. The summed E-state index contributed by atoms with van der Waals surface area (Å²) in [6.07, 6.45) is -4.98. The molecule has 0 saturated heterocycles. The van der Waals surface area contributed by atoms with Crippen LogP contribution in [0, 0.1) is 17.1 Å². The second kappa shape index (κ2) is 5.58. The maximum atomic E-state index is 13.6. The Morgan fingerprint density at radius 2 is 1.90 bits per heavy atom. The molecule has 0 amide bonds. The first kappa shape index (κ1) is 15.1.